The van der Waals surface area contributed by atoms with Gasteiger partial charge in [0, 0.05) is 25.3 Å². The molecule has 2 heterocycles. The molecule has 40 heavy (non-hydrogen) atoms. The molecule has 1 aliphatic carbocycles. The van der Waals surface area contributed by atoms with Crippen molar-refractivity contribution in [1.29, 1.82) is 0 Å². The van der Waals surface area contributed by atoms with Gasteiger partial charge in [0.15, 0.2) is 0 Å². The molecule has 3 fully saturated rings. The highest BCUT2D eigenvalue weighted by Gasteiger charge is 2.53. The predicted octanol–water partition coefficient (Wildman–Crippen LogP) is 1.57. The Labute approximate surface area is 230 Å². The molecule has 1 saturated carbocycles. The van der Waals surface area contributed by atoms with Crippen molar-refractivity contribution in [3.63, 3.8) is 0 Å². The molecular weight excluding hydrogens is 560 g/mol. The lowest BCUT2D eigenvalue weighted by Crippen LogP contribution is -2.60. The van der Waals surface area contributed by atoms with Crippen LogP contribution < -0.4 is 16.0 Å². The van der Waals surface area contributed by atoms with Crippen molar-refractivity contribution < 1.29 is 45.2 Å². The van der Waals surface area contributed by atoms with Crippen LogP contribution in [-0.4, -0.2) is 80.6 Å². The largest absolute Gasteiger partial charge is 0.471 e. The van der Waals surface area contributed by atoms with Crippen molar-refractivity contribution >= 4 is 33.5 Å². The van der Waals surface area contributed by atoms with Crippen molar-refractivity contribution in [2.45, 2.75) is 77.2 Å². The summed E-state index contributed by atoms with van der Waals surface area (Å²) in [7, 11) is -4.24. The standard InChI is InChI=1S/C25H36F4N4O6S/c1-24(2,3)19(32-23(37)25(27,28)29)22(36)33-12-14-6-5-7-16(14)18(33)21(35)31-15(11-17(26)40(4,38)39)10-13-8-9-30-20(13)34/h11,13-16,18-19H,5-10,12H2,1-4H3,(H,30,34)(H,31,35)(H,32,37)/b17-11-/t13-,14-,15+,16-,18+,19+/m0/s1. The van der Waals surface area contributed by atoms with Crippen LogP contribution in [0.5, 0.6) is 0 Å². The summed E-state index contributed by atoms with van der Waals surface area (Å²) in [4.78, 5) is 52.4. The SMILES string of the molecule is CC(C)(C)[C@H](NC(=O)C(F)(F)F)C(=O)N1C[C@@H]2CCC[C@@H]2[C@@H]1C(=O)N[C@@H](/C=C(/F)S(C)(=O)=O)C[C@@H]1CCNC1=O. The number of carbonyl (C=O) groups is 4. The molecule has 0 unspecified atom stereocenters. The zero-order valence-electron chi connectivity index (χ0n) is 22.8. The van der Waals surface area contributed by atoms with Gasteiger partial charge in [-0.1, -0.05) is 27.2 Å². The zero-order chi connectivity index (χ0) is 30.2. The fourth-order valence-electron chi connectivity index (χ4n) is 5.79. The second-order valence-corrected chi connectivity index (χ2v) is 13.9. The number of sulfone groups is 1. The first-order valence-corrected chi connectivity index (χ1v) is 15.0. The fourth-order valence-corrected chi connectivity index (χ4v) is 6.20. The van der Waals surface area contributed by atoms with Gasteiger partial charge in [-0.3, -0.25) is 19.2 Å². The van der Waals surface area contributed by atoms with Crippen LogP contribution in [0, 0.1) is 23.2 Å². The highest BCUT2D eigenvalue weighted by molar-refractivity contribution is 7.94. The minimum absolute atomic E-state index is 0.0826. The van der Waals surface area contributed by atoms with E-state index < -0.39 is 68.4 Å². The van der Waals surface area contributed by atoms with Gasteiger partial charge in [0.25, 0.3) is 0 Å². The number of amides is 4. The van der Waals surface area contributed by atoms with Gasteiger partial charge in [0.2, 0.25) is 32.7 Å². The van der Waals surface area contributed by atoms with Crippen molar-refractivity contribution in [2.24, 2.45) is 23.2 Å². The Hall–Kier alpha value is -2.71. The molecule has 0 aromatic rings. The third-order valence-corrected chi connectivity index (χ3v) is 8.65. The number of halogens is 4. The summed E-state index contributed by atoms with van der Waals surface area (Å²) in [6.07, 6.45) is -1.55. The van der Waals surface area contributed by atoms with Gasteiger partial charge in [-0.05, 0) is 49.0 Å². The van der Waals surface area contributed by atoms with Crippen LogP contribution in [0.4, 0.5) is 17.6 Å². The molecule has 10 nitrogen and oxygen atoms in total. The normalized spacial score (nSPS) is 27.1. The third kappa shape index (κ3) is 7.32. The predicted molar refractivity (Wildman–Crippen MR) is 135 cm³/mol. The number of hydrogen-bond donors (Lipinski definition) is 3. The first kappa shape index (κ1) is 31.8. The third-order valence-electron chi connectivity index (χ3n) is 7.80. The van der Waals surface area contributed by atoms with Crippen molar-refractivity contribution in [2.75, 3.05) is 19.3 Å². The fraction of sp³-hybridized carbons (Fsp3) is 0.760. The highest BCUT2D eigenvalue weighted by atomic mass is 32.2. The maximum atomic E-state index is 14.5. The molecule has 226 valence electrons. The van der Waals surface area contributed by atoms with Crippen LogP contribution in [-0.2, 0) is 29.0 Å². The van der Waals surface area contributed by atoms with E-state index in [2.05, 4.69) is 10.6 Å². The molecule has 0 radical (unpaired) electrons. The maximum absolute atomic E-state index is 14.5. The van der Waals surface area contributed by atoms with Crippen LogP contribution in [0.25, 0.3) is 0 Å². The second-order valence-electron chi connectivity index (χ2n) is 11.9. The molecule has 0 aromatic carbocycles. The van der Waals surface area contributed by atoms with Crippen molar-refractivity contribution in [3.05, 3.63) is 11.2 Å². The number of fused-ring (bicyclic) bond motifs is 1. The minimum Gasteiger partial charge on any atom is -0.356 e. The molecule has 3 aliphatic rings. The van der Waals surface area contributed by atoms with Crippen LogP contribution in [0.1, 0.15) is 52.9 Å². The van der Waals surface area contributed by atoms with E-state index in [0.717, 1.165) is 6.42 Å². The molecule has 3 N–H and O–H groups in total. The van der Waals surface area contributed by atoms with E-state index in [1.54, 1.807) is 5.32 Å². The minimum atomic E-state index is -5.22. The van der Waals surface area contributed by atoms with Gasteiger partial charge in [-0.2, -0.15) is 17.6 Å². The number of likely N-dealkylation sites (tertiary alicyclic amines) is 1. The smallest absolute Gasteiger partial charge is 0.356 e. The molecular formula is C25H36F4N4O6S. The lowest BCUT2D eigenvalue weighted by atomic mass is 9.85. The first-order valence-electron chi connectivity index (χ1n) is 13.1. The van der Waals surface area contributed by atoms with Crippen molar-refractivity contribution in [1.82, 2.24) is 20.9 Å². The molecule has 2 saturated heterocycles. The monoisotopic (exact) mass is 596 g/mol. The van der Waals surface area contributed by atoms with Gasteiger partial charge in [0.05, 0.1) is 6.04 Å². The van der Waals surface area contributed by atoms with E-state index in [4.69, 9.17) is 0 Å². The summed E-state index contributed by atoms with van der Waals surface area (Å²) in [6.45, 7) is 4.91. The Kier molecular flexibility index (Phi) is 9.26. The summed E-state index contributed by atoms with van der Waals surface area (Å²) < 4.78 is 77.1. The number of carbonyl (C=O) groups excluding carboxylic acids is 4. The van der Waals surface area contributed by atoms with Gasteiger partial charge >= 0.3 is 12.1 Å². The number of rotatable bonds is 8. The van der Waals surface area contributed by atoms with Gasteiger partial charge in [0.1, 0.15) is 12.1 Å². The number of hydrogen-bond acceptors (Lipinski definition) is 6. The second kappa shape index (κ2) is 11.6. The average Bonchev–Trinajstić information content (AvgIpc) is 3.50. The van der Waals surface area contributed by atoms with E-state index in [9.17, 15) is 45.2 Å². The summed E-state index contributed by atoms with van der Waals surface area (Å²) in [5.41, 5.74) is -1.14. The lowest BCUT2D eigenvalue weighted by Gasteiger charge is -2.36. The van der Waals surface area contributed by atoms with E-state index in [1.807, 2.05) is 0 Å². The van der Waals surface area contributed by atoms with E-state index in [0.29, 0.717) is 38.1 Å². The zero-order valence-corrected chi connectivity index (χ0v) is 23.6. The van der Waals surface area contributed by atoms with Gasteiger partial charge in [-0.15, -0.1) is 0 Å². The topological polar surface area (TPSA) is 142 Å². The molecule has 2 aliphatic heterocycles. The van der Waals surface area contributed by atoms with Crippen LogP contribution in [0.2, 0.25) is 0 Å². The summed E-state index contributed by atoms with van der Waals surface area (Å²) in [5.74, 6) is -5.25. The number of nitrogens with one attached hydrogen (secondary N) is 3. The summed E-state index contributed by atoms with van der Waals surface area (Å²) in [6, 6.07) is -3.95. The Morgan fingerprint density at radius 1 is 1.12 bits per heavy atom. The Bertz CT molecular complexity index is 1170. The van der Waals surface area contributed by atoms with Crippen LogP contribution in [0.15, 0.2) is 11.2 Å². The maximum Gasteiger partial charge on any atom is 0.471 e. The Balaban J connectivity index is 1.91. The molecule has 15 heteroatoms. The molecule has 0 spiro atoms. The molecule has 4 amide bonds. The number of nitrogens with zero attached hydrogens (tertiary/aromatic N) is 1. The molecule has 0 bridgehead atoms. The van der Waals surface area contributed by atoms with E-state index >= 15 is 0 Å². The van der Waals surface area contributed by atoms with E-state index in [1.165, 1.54) is 25.7 Å². The molecule has 0 aromatic heterocycles. The lowest BCUT2D eigenvalue weighted by molar-refractivity contribution is -0.176. The number of alkyl halides is 3. The van der Waals surface area contributed by atoms with Gasteiger partial charge in [-0.25, -0.2) is 8.42 Å². The summed E-state index contributed by atoms with van der Waals surface area (Å²) >= 11 is 0. The Morgan fingerprint density at radius 2 is 1.77 bits per heavy atom. The van der Waals surface area contributed by atoms with Crippen molar-refractivity contribution in [3.8, 4) is 0 Å². The van der Waals surface area contributed by atoms with Crippen LogP contribution >= 0.6 is 0 Å². The average molecular weight is 597 g/mol. The highest BCUT2D eigenvalue weighted by Crippen LogP contribution is 2.43. The first-order chi connectivity index (χ1) is 18.3. The van der Waals surface area contributed by atoms with Gasteiger partial charge < -0.3 is 20.9 Å². The van der Waals surface area contributed by atoms with Crippen LogP contribution in [0.3, 0.4) is 0 Å². The molecule has 3 rings (SSSR count). The quantitative estimate of drug-likeness (QED) is 0.364. The summed E-state index contributed by atoms with van der Waals surface area (Å²) in [5, 5.41) is 5.50. The Morgan fingerprint density at radius 3 is 2.30 bits per heavy atom. The van der Waals surface area contributed by atoms with E-state index in [-0.39, 0.29) is 30.7 Å². The molecule has 6 atom stereocenters.